The Morgan fingerprint density at radius 3 is 0.872 bits per heavy atom. The van der Waals surface area contributed by atoms with Gasteiger partial charge in [-0.25, -0.2) is 91.1 Å². The molecule has 0 fully saturated rings. The number of carboxylic acid groups (broad SMARTS) is 10. The number of aliphatic hydroxyl groups excluding tert-OH is 2. The predicted octanol–water partition coefficient (Wildman–Crippen LogP) is 5.57. The summed E-state index contributed by atoms with van der Waals surface area (Å²) in [5.74, 6) is -34.0. The lowest BCUT2D eigenvalue weighted by Crippen LogP contribution is -2.35. The van der Waals surface area contributed by atoms with Gasteiger partial charge in [-0.2, -0.15) is 0 Å². The van der Waals surface area contributed by atoms with Crippen molar-refractivity contribution in [3.63, 3.8) is 0 Å². The average Bonchev–Trinajstić information content (AvgIpc) is 0.743. The normalized spacial score (nSPS) is 11.3. The number of rotatable bonds is 34. The minimum Gasteiger partial charge on any atom is -0.478 e. The number of ketones is 1. The van der Waals surface area contributed by atoms with Gasteiger partial charge in [0.1, 0.15) is 18.8 Å². The van der Waals surface area contributed by atoms with Gasteiger partial charge in [-0.3, -0.25) is 4.79 Å². The smallest absolute Gasteiger partial charge is 0.347 e. The van der Waals surface area contributed by atoms with Crippen molar-refractivity contribution in [3.8, 4) is 0 Å². The van der Waals surface area contributed by atoms with Gasteiger partial charge >= 0.3 is 113 Å². The number of ether oxygens (including phenoxy) is 8. The molecule has 0 heterocycles. The fourth-order valence-electron chi connectivity index (χ4n) is 10.2. The second-order valence-corrected chi connectivity index (χ2v) is 23.4. The van der Waals surface area contributed by atoms with Crippen LogP contribution in [-0.2, 0) is 37.9 Å². The maximum atomic E-state index is 14.2. The molecule has 8 rings (SSSR count). The van der Waals surface area contributed by atoms with Gasteiger partial charge in [0.15, 0.2) is 11.9 Å². The van der Waals surface area contributed by atoms with Crippen LogP contribution in [0.25, 0.3) is 0 Å². The number of esters is 9. The molecule has 0 saturated heterocycles. The van der Waals surface area contributed by atoms with Crippen molar-refractivity contribution in [3.05, 3.63) is 281 Å². The second kappa shape index (κ2) is 39.6. The summed E-state index contributed by atoms with van der Waals surface area (Å²) in [4.78, 5) is 254. The van der Waals surface area contributed by atoms with Crippen molar-refractivity contribution in [2.45, 2.75) is 18.3 Å². The lowest BCUT2D eigenvalue weighted by Gasteiger charge is -2.22. The van der Waals surface area contributed by atoms with Crippen LogP contribution in [0.3, 0.4) is 0 Å². The largest absolute Gasteiger partial charge is 0.478 e. The molecule has 0 aliphatic rings. The van der Waals surface area contributed by atoms with Gasteiger partial charge in [-0.1, -0.05) is 66.7 Å². The van der Waals surface area contributed by atoms with E-state index in [0.29, 0.717) is 18.2 Å². The molecule has 0 saturated carbocycles. The van der Waals surface area contributed by atoms with Crippen molar-refractivity contribution in [2.24, 2.45) is 0 Å². The maximum absolute atomic E-state index is 14.2. The number of carbonyl (C=O) groups is 20. The summed E-state index contributed by atoms with van der Waals surface area (Å²) < 4.78 is 41.0. The molecular formula is C77H54O40. The van der Waals surface area contributed by atoms with E-state index in [1.807, 2.05) is 0 Å². The van der Waals surface area contributed by atoms with Gasteiger partial charge in [0.25, 0.3) is 0 Å². The molecular weight excluding hydrogens is 1560 g/mol. The van der Waals surface area contributed by atoms with Gasteiger partial charge in [0.05, 0.1) is 139 Å². The highest BCUT2D eigenvalue weighted by Gasteiger charge is 2.41. The Bertz CT molecular complexity index is 5440. The van der Waals surface area contributed by atoms with E-state index in [0.717, 1.165) is 103 Å². The summed E-state index contributed by atoms with van der Waals surface area (Å²) in [6.07, 6.45) is -4.73. The summed E-state index contributed by atoms with van der Waals surface area (Å²) >= 11 is 0. The van der Waals surface area contributed by atoms with Crippen LogP contribution >= 0.6 is 0 Å². The van der Waals surface area contributed by atoms with Crippen LogP contribution in [0.1, 0.15) is 213 Å². The van der Waals surface area contributed by atoms with Crippen molar-refractivity contribution in [1.82, 2.24) is 0 Å². The molecule has 12 N–H and O–H groups in total. The first kappa shape index (κ1) is 88.0. The zero-order valence-corrected chi connectivity index (χ0v) is 58.9. The highest BCUT2D eigenvalue weighted by molar-refractivity contribution is 6.25. The van der Waals surface area contributed by atoms with Crippen LogP contribution in [0.2, 0.25) is 0 Å². The highest BCUT2D eigenvalue weighted by Crippen LogP contribution is 2.32. The van der Waals surface area contributed by atoms with E-state index in [9.17, 15) is 152 Å². The third kappa shape index (κ3) is 22.3. The van der Waals surface area contributed by atoms with Crippen molar-refractivity contribution in [2.75, 3.05) is 39.6 Å². The topological polar surface area (TPSA) is 658 Å². The predicted molar refractivity (Wildman–Crippen MR) is 377 cm³/mol. The van der Waals surface area contributed by atoms with Gasteiger partial charge in [-0.05, 0) is 97.1 Å². The number of aliphatic hydroxyl groups is 2. The Balaban J connectivity index is 0.000000323. The van der Waals surface area contributed by atoms with Crippen molar-refractivity contribution < 1.29 is 195 Å². The molecule has 8 aromatic carbocycles. The first-order chi connectivity index (χ1) is 55.4. The Morgan fingerprint density at radius 2 is 0.538 bits per heavy atom. The lowest BCUT2D eigenvalue weighted by atomic mass is 9.87. The quantitative estimate of drug-likeness (QED) is 0.0101. The monoisotopic (exact) mass is 1620 g/mol. The first-order valence-corrected chi connectivity index (χ1v) is 32.5. The van der Waals surface area contributed by atoms with Gasteiger partial charge in [-0.15, -0.1) is 0 Å². The van der Waals surface area contributed by atoms with Crippen molar-refractivity contribution >= 4 is 119 Å². The van der Waals surface area contributed by atoms with Crippen LogP contribution in [-0.4, -0.2) is 238 Å². The van der Waals surface area contributed by atoms with E-state index in [4.69, 9.17) is 43.0 Å². The molecule has 0 aliphatic heterocycles. The number of aromatic carboxylic acids is 10. The zero-order valence-electron chi connectivity index (χ0n) is 58.9. The highest BCUT2D eigenvalue weighted by atomic mass is 16.6. The molecule has 40 heteroatoms. The van der Waals surface area contributed by atoms with E-state index in [1.165, 1.54) is 42.5 Å². The summed E-state index contributed by atoms with van der Waals surface area (Å²) in [6, 6.07) is 26.7. The van der Waals surface area contributed by atoms with Crippen LogP contribution in [0.5, 0.6) is 0 Å². The summed E-state index contributed by atoms with van der Waals surface area (Å²) in [7, 11) is 0. The molecule has 0 aliphatic carbocycles. The number of hydrogen-bond acceptors (Lipinski definition) is 30. The van der Waals surface area contributed by atoms with Crippen LogP contribution in [0.4, 0.5) is 0 Å². The molecule has 8 aromatic rings. The standard InChI is InChI=1S/C41H22O18.C36H32O22/c42-31(19-10-2-1-3-11-19)26-18-27(35(49)50)29(40(55)58-37(52)24-16-8-5-13-21(24)33(45)46)30(41(56)59-38(53)25-17-9-6-14-22(25)34(47)48)28(26)39(54)57-36(51)23-15-7-4-12-20(23)32(43)44;37-10-19(38)11-54-12-20(57-35(52)26-8-17(29(41)42)2-5-23(26)32(47)48)13-55-14-21(58-36(53)27-9-18(30(43)44)3-6-24(27)33(49)50)15-56-34(51)25-7-16(28(39)40)1-4-22(25)31(45)46/h1-18H,(H,43,44)(H,45,46)(H,47,48)(H,49,50);1-9,19-21,37-38H,10-15H2,(H,39,40)(H,41,42)(H,43,44)(H,45,46)(H,47,48)(H,49,50). The average molecular weight is 1620 g/mol. The molecule has 0 amide bonds. The Hall–Kier alpha value is -16.2. The van der Waals surface area contributed by atoms with Gasteiger partial charge in [0, 0.05) is 11.1 Å². The SMILES string of the molecule is O=C(O)c1ccc(C(=O)O)c(C(=O)OCC(COCC(COCC(O)CO)OC(=O)c2cc(C(=O)O)ccc2C(=O)O)OC(=O)c2cc(C(=O)O)ccc2C(=O)O)c1.O=C(O)c1ccccc1C(=O)OC(=O)c1c(C(=O)O)cc(C(=O)c2ccccc2)c(C(=O)OC(=O)c2ccccc2C(=O)O)c1C(=O)OC(=O)c1ccccc1C(=O)O. The minimum absolute atomic E-state index is 0.304. The molecule has 40 nitrogen and oxygen atoms in total. The number of carbonyl (C=O) groups excluding carboxylic acids is 10. The fourth-order valence-corrected chi connectivity index (χ4v) is 10.2. The van der Waals surface area contributed by atoms with Gasteiger partial charge in [0.2, 0.25) is 0 Å². The molecule has 3 unspecified atom stereocenters. The lowest BCUT2D eigenvalue weighted by molar-refractivity contribution is -0.0755. The van der Waals surface area contributed by atoms with E-state index in [-0.39, 0.29) is 5.56 Å². The number of hydrogen-bond donors (Lipinski definition) is 12. The molecule has 0 bridgehead atoms. The Kier molecular flexibility index (Phi) is 29.8. The summed E-state index contributed by atoms with van der Waals surface area (Å²) in [5.41, 5.74) is -17.8. The third-order valence-corrected chi connectivity index (χ3v) is 15.7. The third-order valence-electron chi connectivity index (χ3n) is 15.7. The Labute approximate surface area is 650 Å². The number of benzene rings is 8. The second-order valence-electron chi connectivity index (χ2n) is 23.4. The molecule has 0 radical (unpaired) electrons. The minimum atomic E-state index is -2.17. The van der Waals surface area contributed by atoms with E-state index in [2.05, 4.69) is 0 Å². The molecule has 0 spiro atoms. The van der Waals surface area contributed by atoms with Crippen molar-refractivity contribution in [1.29, 1.82) is 0 Å². The summed E-state index contributed by atoms with van der Waals surface area (Å²) in [5, 5.41) is 115. The summed E-state index contributed by atoms with van der Waals surface area (Å²) in [6.45, 7) is -4.52. The van der Waals surface area contributed by atoms with E-state index >= 15 is 0 Å². The maximum Gasteiger partial charge on any atom is 0.347 e. The van der Waals surface area contributed by atoms with Crippen LogP contribution in [0.15, 0.2) is 164 Å². The fraction of sp³-hybridized carbons (Fsp3) is 0.117. The van der Waals surface area contributed by atoms with Crippen LogP contribution < -0.4 is 0 Å². The molecule has 117 heavy (non-hydrogen) atoms. The first-order valence-electron chi connectivity index (χ1n) is 32.5. The Morgan fingerprint density at radius 1 is 0.248 bits per heavy atom. The van der Waals surface area contributed by atoms with Crippen LogP contribution in [0, 0.1) is 0 Å². The van der Waals surface area contributed by atoms with E-state index < -0.39 is 288 Å². The molecule has 3 atom stereocenters. The molecule has 602 valence electrons. The zero-order chi connectivity index (χ0) is 86.4. The van der Waals surface area contributed by atoms with E-state index in [1.54, 1.807) is 0 Å². The number of carboxylic acids is 10. The molecule has 0 aromatic heterocycles. The van der Waals surface area contributed by atoms with Gasteiger partial charge < -0.3 is 99.2 Å².